The molecule has 0 fully saturated rings. The van der Waals surface area contributed by atoms with Gasteiger partial charge in [0, 0.05) is 30.7 Å². The van der Waals surface area contributed by atoms with Crippen LogP contribution >= 0.6 is 0 Å². The van der Waals surface area contributed by atoms with Gasteiger partial charge in [0.25, 0.3) is 0 Å². The number of benzene rings is 2. The van der Waals surface area contributed by atoms with E-state index in [1.807, 2.05) is 51.2 Å². The first-order chi connectivity index (χ1) is 11.4. The summed E-state index contributed by atoms with van der Waals surface area (Å²) < 4.78 is 13.4. The summed E-state index contributed by atoms with van der Waals surface area (Å²) in [7, 11) is 1.81. The van der Waals surface area contributed by atoms with Crippen LogP contribution < -0.4 is 0 Å². The van der Waals surface area contributed by atoms with Crippen molar-refractivity contribution in [3.05, 3.63) is 71.7 Å². The van der Waals surface area contributed by atoms with Crippen molar-refractivity contribution in [1.82, 2.24) is 9.88 Å². The molecule has 4 heteroatoms. The molecule has 1 heterocycles. The van der Waals surface area contributed by atoms with Crippen LogP contribution in [0.25, 0.3) is 10.9 Å². The molecule has 0 saturated carbocycles. The van der Waals surface area contributed by atoms with Gasteiger partial charge in [0.1, 0.15) is 5.82 Å². The van der Waals surface area contributed by atoms with Crippen molar-refractivity contribution in [2.75, 3.05) is 7.05 Å². The number of aromatic nitrogens is 1. The monoisotopic (exact) mass is 324 g/mol. The van der Waals surface area contributed by atoms with Crippen LogP contribution in [-0.4, -0.2) is 22.8 Å². The summed E-state index contributed by atoms with van der Waals surface area (Å²) in [6.07, 6.45) is 1.80. The van der Waals surface area contributed by atoms with Crippen molar-refractivity contribution in [3.63, 3.8) is 0 Å². The Morgan fingerprint density at radius 1 is 1.17 bits per heavy atom. The number of halogens is 1. The maximum Gasteiger partial charge on any atom is 0.232 e. The van der Waals surface area contributed by atoms with E-state index in [0.29, 0.717) is 12.1 Å². The minimum Gasteiger partial charge on any atom is -0.361 e. The van der Waals surface area contributed by atoms with E-state index in [9.17, 15) is 9.18 Å². The molecule has 0 aliphatic heterocycles. The van der Waals surface area contributed by atoms with Gasteiger partial charge in [-0.2, -0.15) is 0 Å². The number of hydrogen-bond donors (Lipinski definition) is 1. The molecule has 0 unspecified atom stereocenters. The first-order valence-electron chi connectivity index (χ1n) is 7.96. The van der Waals surface area contributed by atoms with Crippen LogP contribution in [0.4, 0.5) is 4.39 Å². The van der Waals surface area contributed by atoms with Gasteiger partial charge in [-0.15, -0.1) is 0 Å². The van der Waals surface area contributed by atoms with E-state index in [1.165, 1.54) is 12.1 Å². The van der Waals surface area contributed by atoms with Crippen LogP contribution in [0.15, 0.2) is 54.7 Å². The van der Waals surface area contributed by atoms with Crippen molar-refractivity contribution in [2.45, 2.75) is 25.8 Å². The molecular formula is C20H21FN2O. The summed E-state index contributed by atoms with van der Waals surface area (Å²) in [5.74, 6) is -0.266. The van der Waals surface area contributed by atoms with E-state index >= 15 is 0 Å². The van der Waals surface area contributed by atoms with Gasteiger partial charge in [-0.05, 0) is 43.2 Å². The highest BCUT2D eigenvalue weighted by Crippen LogP contribution is 2.32. The predicted octanol–water partition coefficient (Wildman–Crippen LogP) is 4.24. The number of likely N-dealkylation sites (N-methyl/N-ethyl adjacent to an activating group) is 1. The van der Waals surface area contributed by atoms with Crippen LogP contribution in [0.2, 0.25) is 0 Å². The Hall–Kier alpha value is -2.62. The zero-order chi connectivity index (χ0) is 17.3. The standard InChI is InChI=1S/C20H21FN2O/c1-20(2,17-12-22-18-11-15(21)9-10-16(17)18)19(24)23(3)13-14-7-5-4-6-8-14/h4-12,22H,13H2,1-3H3. The largest absolute Gasteiger partial charge is 0.361 e. The highest BCUT2D eigenvalue weighted by atomic mass is 19.1. The Balaban J connectivity index is 1.89. The van der Waals surface area contributed by atoms with E-state index in [1.54, 1.807) is 17.2 Å². The summed E-state index contributed by atoms with van der Waals surface area (Å²) in [5.41, 5.74) is 1.96. The first-order valence-corrected chi connectivity index (χ1v) is 7.96. The van der Waals surface area contributed by atoms with E-state index in [-0.39, 0.29) is 11.7 Å². The lowest BCUT2D eigenvalue weighted by Gasteiger charge is -2.29. The van der Waals surface area contributed by atoms with Crippen molar-refractivity contribution >= 4 is 16.8 Å². The lowest BCUT2D eigenvalue weighted by molar-refractivity contribution is -0.135. The smallest absolute Gasteiger partial charge is 0.232 e. The Morgan fingerprint density at radius 2 is 1.88 bits per heavy atom. The lowest BCUT2D eigenvalue weighted by Crippen LogP contribution is -2.40. The van der Waals surface area contributed by atoms with Gasteiger partial charge in [-0.3, -0.25) is 4.79 Å². The molecule has 24 heavy (non-hydrogen) atoms. The fourth-order valence-electron chi connectivity index (χ4n) is 3.14. The van der Waals surface area contributed by atoms with Crippen molar-refractivity contribution in [2.24, 2.45) is 0 Å². The van der Waals surface area contributed by atoms with Gasteiger partial charge >= 0.3 is 0 Å². The molecule has 124 valence electrons. The SMILES string of the molecule is CN(Cc1ccccc1)C(=O)C(C)(C)c1c[nH]c2cc(F)ccc12. The Kier molecular flexibility index (Phi) is 4.14. The molecule has 3 nitrogen and oxygen atoms in total. The first kappa shape index (κ1) is 16.2. The molecule has 1 N–H and O–H groups in total. The number of aromatic amines is 1. The van der Waals surface area contributed by atoms with E-state index in [2.05, 4.69) is 4.98 Å². The van der Waals surface area contributed by atoms with E-state index in [4.69, 9.17) is 0 Å². The quantitative estimate of drug-likeness (QED) is 0.765. The van der Waals surface area contributed by atoms with E-state index < -0.39 is 5.41 Å². The van der Waals surface area contributed by atoms with Gasteiger partial charge in [-0.1, -0.05) is 30.3 Å². The lowest BCUT2D eigenvalue weighted by atomic mass is 9.83. The highest BCUT2D eigenvalue weighted by Gasteiger charge is 2.34. The number of fused-ring (bicyclic) bond motifs is 1. The summed E-state index contributed by atoms with van der Waals surface area (Å²) in [6.45, 7) is 4.37. The van der Waals surface area contributed by atoms with Crippen molar-refractivity contribution < 1.29 is 9.18 Å². The number of H-pyrrole nitrogens is 1. The Bertz CT molecular complexity index is 868. The molecule has 0 atom stereocenters. The minimum atomic E-state index is -0.709. The van der Waals surface area contributed by atoms with Crippen LogP contribution in [0, 0.1) is 5.82 Å². The van der Waals surface area contributed by atoms with Gasteiger partial charge in [0.15, 0.2) is 0 Å². The molecule has 3 aromatic rings. The Morgan fingerprint density at radius 3 is 2.58 bits per heavy atom. The number of nitrogens with zero attached hydrogens (tertiary/aromatic N) is 1. The number of rotatable bonds is 4. The normalized spacial score (nSPS) is 11.7. The maximum absolute atomic E-state index is 13.4. The minimum absolute atomic E-state index is 0.0246. The number of carbonyl (C=O) groups is 1. The third kappa shape index (κ3) is 2.92. The molecule has 0 radical (unpaired) electrons. The zero-order valence-corrected chi connectivity index (χ0v) is 14.1. The molecule has 1 aromatic heterocycles. The number of hydrogen-bond acceptors (Lipinski definition) is 1. The molecule has 0 saturated heterocycles. The number of nitrogens with one attached hydrogen (secondary N) is 1. The van der Waals surface area contributed by atoms with Gasteiger partial charge in [-0.25, -0.2) is 4.39 Å². The van der Waals surface area contributed by atoms with Gasteiger partial charge < -0.3 is 9.88 Å². The van der Waals surface area contributed by atoms with Gasteiger partial charge in [0.05, 0.1) is 5.41 Å². The second kappa shape index (κ2) is 6.11. The summed E-state index contributed by atoms with van der Waals surface area (Å²) in [6, 6.07) is 14.5. The second-order valence-corrected chi connectivity index (χ2v) is 6.66. The summed E-state index contributed by atoms with van der Waals surface area (Å²) in [4.78, 5) is 17.8. The van der Waals surface area contributed by atoms with Crippen molar-refractivity contribution in [1.29, 1.82) is 0 Å². The molecule has 2 aromatic carbocycles. The number of amides is 1. The van der Waals surface area contributed by atoms with Crippen molar-refractivity contribution in [3.8, 4) is 0 Å². The molecular weight excluding hydrogens is 303 g/mol. The molecule has 1 amide bonds. The molecule has 3 rings (SSSR count). The fraction of sp³-hybridized carbons (Fsp3) is 0.250. The average molecular weight is 324 g/mol. The predicted molar refractivity (Wildman–Crippen MR) is 94.2 cm³/mol. The van der Waals surface area contributed by atoms with E-state index in [0.717, 1.165) is 16.5 Å². The second-order valence-electron chi connectivity index (χ2n) is 6.66. The third-order valence-electron chi connectivity index (χ3n) is 4.46. The zero-order valence-electron chi connectivity index (χ0n) is 14.1. The highest BCUT2D eigenvalue weighted by molar-refractivity contribution is 5.94. The van der Waals surface area contributed by atoms with Crippen LogP contribution in [0.5, 0.6) is 0 Å². The molecule has 0 spiro atoms. The molecule has 0 aliphatic rings. The molecule has 0 aliphatic carbocycles. The van der Waals surface area contributed by atoms with Crippen LogP contribution in [0.3, 0.4) is 0 Å². The van der Waals surface area contributed by atoms with Crippen LogP contribution in [0.1, 0.15) is 25.0 Å². The third-order valence-corrected chi connectivity index (χ3v) is 4.46. The topological polar surface area (TPSA) is 36.1 Å². The number of carbonyl (C=O) groups excluding carboxylic acids is 1. The summed E-state index contributed by atoms with van der Waals surface area (Å²) >= 11 is 0. The summed E-state index contributed by atoms with van der Waals surface area (Å²) in [5, 5.41) is 0.878. The maximum atomic E-state index is 13.4. The van der Waals surface area contributed by atoms with Gasteiger partial charge in [0.2, 0.25) is 5.91 Å². The fourth-order valence-corrected chi connectivity index (χ4v) is 3.14. The van der Waals surface area contributed by atoms with Crippen LogP contribution in [-0.2, 0) is 16.8 Å². The average Bonchev–Trinajstić information content (AvgIpc) is 2.98. The Labute approximate surface area is 141 Å². The molecule has 0 bridgehead atoms.